The zero-order chi connectivity index (χ0) is 9.52. The van der Waals surface area contributed by atoms with E-state index in [1.165, 1.54) is 0 Å². The quantitative estimate of drug-likeness (QED) is 0.663. The molecule has 0 aromatic carbocycles. The lowest BCUT2D eigenvalue weighted by atomic mass is 10.1. The third-order valence-corrected chi connectivity index (χ3v) is 2.19. The summed E-state index contributed by atoms with van der Waals surface area (Å²) in [6.07, 6.45) is 5.46. The maximum absolute atomic E-state index is 11.0. The monoisotopic (exact) mass is 183 g/mol. The minimum atomic E-state index is 0.00131. The van der Waals surface area contributed by atoms with Gasteiger partial charge < -0.3 is 10.1 Å². The first-order valence-electron chi connectivity index (χ1n) is 4.81. The molecule has 13 heavy (non-hydrogen) atoms. The van der Waals surface area contributed by atoms with Crippen LogP contribution in [0.25, 0.3) is 0 Å². The van der Waals surface area contributed by atoms with Crippen LogP contribution in [0.3, 0.4) is 0 Å². The van der Waals surface area contributed by atoms with Crippen LogP contribution in [0.4, 0.5) is 0 Å². The van der Waals surface area contributed by atoms with E-state index in [0.29, 0.717) is 5.92 Å². The van der Waals surface area contributed by atoms with Crippen molar-refractivity contribution >= 4 is 5.91 Å². The summed E-state index contributed by atoms with van der Waals surface area (Å²) in [5.74, 6) is 0.646. The second-order valence-electron chi connectivity index (χ2n) is 3.31. The number of rotatable bonds is 4. The Hall–Kier alpha value is -0.830. The molecule has 1 atom stereocenters. The van der Waals surface area contributed by atoms with Gasteiger partial charge in [-0.1, -0.05) is 6.08 Å². The molecule has 1 rings (SSSR count). The van der Waals surface area contributed by atoms with Gasteiger partial charge in [0, 0.05) is 19.8 Å². The Morgan fingerprint density at radius 1 is 1.69 bits per heavy atom. The van der Waals surface area contributed by atoms with Crippen LogP contribution >= 0.6 is 0 Å². The molecule has 1 N–H and O–H groups in total. The fraction of sp³-hybridized carbons (Fsp3) is 0.700. The molecule has 1 heterocycles. The lowest BCUT2D eigenvalue weighted by Crippen LogP contribution is -2.24. The second-order valence-corrected chi connectivity index (χ2v) is 3.31. The first kappa shape index (κ1) is 10.3. The molecule has 1 amide bonds. The number of allylic oxidation sites excluding steroid dienone is 1. The second kappa shape index (κ2) is 5.75. The van der Waals surface area contributed by atoms with Gasteiger partial charge >= 0.3 is 0 Å². The highest BCUT2D eigenvalue weighted by Gasteiger charge is 2.14. The Morgan fingerprint density at radius 3 is 3.15 bits per heavy atom. The summed E-state index contributed by atoms with van der Waals surface area (Å²) in [6, 6.07) is 0. The van der Waals surface area contributed by atoms with Crippen molar-refractivity contribution in [2.45, 2.75) is 19.8 Å². The van der Waals surface area contributed by atoms with Crippen LogP contribution in [-0.4, -0.2) is 25.7 Å². The van der Waals surface area contributed by atoms with Crippen molar-refractivity contribution in [1.82, 2.24) is 5.32 Å². The maximum Gasteiger partial charge on any atom is 0.243 e. The molecule has 1 unspecified atom stereocenters. The van der Waals surface area contributed by atoms with E-state index in [1.54, 1.807) is 12.2 Å². The molecule has 0 aromatic rings. The Labute approximate surface area is 79.2 Å². The minimum Gasteiger partial charge on any atom is -0.381 e. The number of carbonyl (C=O) groups is 1. The molecule has 1 fully saturated rings. The Bertz CT molecular complexity index is 183. The fourth-order valence-corrected chi connectivity index (χ4v) is 1.42. The average Bonchev–Trinajstić information content (AvgIpc) is 2.57. The minimum absolute atomic E-state index is 0.00131. The maximum atomic E-state index is 11.0. The lowest BCUT2D eigenvalue weighted by Gasteiger charge is -2.06. The van der Waals surface area contributed by atoms with Crippen molar-refractivity contribution in [1.29, 1.82) is 0 Å². The number of amides is 1. The summed E-state index contributed by atoms with van der Waals surface area (Å²) in [5, 5.41) is 2.83. The highest BCUT2D eigenvalue weighted by Crippen LogP contribution is 2.14. The highest BCUT2D eigenvalue weighted by molar-refractivity contribution is 5.87. The van der Waals surface area contributed by atoms with Crippen molar-refractivity contribution in [2.24, 2.45) is 5.92 Å². The summed E-state index contributed by atoms with van der Waals surface area (Å²) in [6.45, 7) is 4.34. The molecule has 1 aliphatic rings. The van der Waals surface area contributed by atoms with Crippen LogP contribution < -0.4 is 5.32 Å². The molecule has 0 radical (unpaired) electrons. The Morgan fingerprint density at radius 2 is 2.54 bits per heavy atom. The van der Waals surface area contributed by atoms with E-state index in [1.807, 2.05) is 6.92 Å². The van der Waals surface area contributed by atoms with Gasteiger partial charge in [0.1, 0.15) is 0 Å². The molecule has 0 bridgehead atoms. The van der Waals surface area contributed by atoms with Gasteiger partial charge in [0.2, 0.25) is 5.91 Å². The van der Waals surface area contributed by atoms with Crippen molar-refractivity contribution in [3.05, 3.63) is 12.2 Å². The Kier molecular flexibility index (Phi) is 4.54. The van der Waals surface area contributed by atoms with Crippen LogP contribution in [-0.2, 0) is 9.53 Å². The topological polar surface area (TPSA) is 38.3 Å². The molecule has 3 heteroatoms. The van der Waals surface area contributed by atoms with Gasteiger partial charge in [-0.05, 0) is 31.8 Å². The molecular weight excluding hydrogens is 166 g/mol. The van der Waals surface area contributed by atoms with Crippen molar-refractivity contribution in [3.8, 4) is 0 Å². The van der Waals surface area contributed by atoms with Crippen LogP contribution in [0.15, 0.2) is 12.2 Å². The number of nitrogens with one attached hydrogen (secondary N) is 1. The lowest BCUT2D eigenvalue weighted by molar-refractivity contribution is -0.116. The van der Waals surface area contributed by atoms with Crippen LogP contribution in [0.2, 0.25) is 0 Å². The summed E-state index contributed by atoms with van der Waals surface area (Å²) in [5.41, 5.74) is 0. The summed E-state index contributed by atoms with van der Waals surface area (Å²) < 4.78 is 5.24. The molecule has 0 aliphatic carbocycles. The number of carbonyl (C=O) groups excluding carboxylic acids is 1. The van der Waals surface area contributed by atoms with Gasteiger partial charge in [-0.25, -0.2) is 0 Å². The largest absolute Gasteiger partial charge is 0.381 e. The molecule has 74 valence electrons. The van der Waals surface area contributed by atoms with Crippen LogP contribution in [0, 0.1) is 5.92 Å². The number of ether oxygens (including phenoxy) is 1. The third kappa shape index (κ3) is 4.08. The molecule has 3 nitrogen and oxygen atoms in total. The van der Waals surface area contributed by atoms with Gasteiger partial charge in [-0.2, -0.15) is 0 Å². The van der Waals surface area contributed by atoms with Gasteiger partial charge in [0.15, 0.2) is 0 Å². The normalized spacial score (nSPS) is 22.4. The van der Waals surface area contributed by atoms with E-state index < -0.39 is 0 Å². The summed E-state index contributed by atoms with van der Waals surface area (Å²) in [7, 11) is 0. The van der Waals surface area contributed by atoms with Gasteiger partial charge in [0.05, 0.1) is 0 Å². The van der Waals surface area contributed by atoms with Crippen molar-refractivity contribution in [3.63, 3.8) is 0 Å². The van der Waals surface area contributed by atoms with E-state index in [2.05, 4.69) is 5.32 Å². The predicted molar refractivity (Wildman–Crippen MR) is 51.4 cm³/mol. The Balaban J connectivity index is 2.02. The van der Waals surface area contributed by atoms with Gasteiger partial charge in [-0.3, -0.25) is 4.79 Å². The number of hydrogen-bond acceptors (Lipinski definition) is 2. The highest BCUT2D eigenvalue weighted by atomic mass is 16.5. The van der Waals surface area contributed by atoms with Gasteiger partial charge in [0.25, 0.3) is 0 Å². The van der Waals surface area contributed by atoms with Crippen LogP contribution in [0.1, 0.15) is 19.8 Å². The van der Waals surface area contributed by atoms with E-state index in [0.717, 1.165) is 32.6 Å². The van der Waals surface area contributed by atoms with E-state index in [4.69, 9.17) is 4.74 Å². The predicted octanol–water partition coefficient (Wildman–Crippen LogP) is 1.11. The smallest absolute Gasteiger partial charge is 0.243 e. The molecule has 0 saturated carbocycles. The average molecular weight is 183 g/mol. The third-order valence-electron chi connectivity index (χ3n) is 2.19. The number of hydrogen-bond donors (Lipinski definition) is 1. The zero-order valence-corrected chi connectivity index (χ0v) is 8.08. The van der Waals surface area contributed by atoms with E-state index in [9.17, 15) is 4.79 Å². The standard InChI is InChI=1S/C10H17NO2/c1-2-3-10(12)11-6-4-9-5-7-13-8-9/h2-3,9H,4-8H2,1H3,(H,11,12)/b3-2+. The molecule has 0 spiro atoms. The molecule has 1 aliphatic heterocycles. The van der Waals surface area contributed by atoms with E-state index >= 15 is 0 Å². The molecule has 0 aromatic heterocycles. The van der Waals surface area contributed by atoms with Crippen molar-refractivity contribution < 1.29 is 9.53 Å². The fourth-order valence-electron chi connectivity index (χ4n) is 1.42. The SMILES string of the molecule is C/C=C/C(=O)NCCC1CCOC1. The zero-order valence-electron chi connectivity index (χ0n) is 8.08. The van der Waals surface area contributed by atoms with Gasteiger partial charge in [-0.15, -0.1) is 0 Å². The summed E-state index contributed by atoms with van der Waals surface area (Å²) >= 11 is 0. The van der Waals surface area contributed by atoms with E-state index in [-0.39, 0.29) is 5.91 Å². The molecular formula is C10H17NO2. The van der Waals surface area contributed by atoms with Crippen molar-refractivity contribution in [2.75, 3.05) is 19.8 Å². The van der Waals surface area contributed by atoms with Crippen LogP contribution in [0.5, 0.6) is 0 Å². The first-order valence-corrected chi connectivity index (χ1v) is 4.81. The first-order chi connectivity index (χ1) is 6.33. The summed E-state index contributed by atoms with van der Waals surface area (Å²) in [4.78, 5) is 11.0. The molecule has 1 saturated heterocycles.